The number of hydrogen-bond acceptors (Lipinski definition) is 3. The summed E-state index contributed by atoms with van der Waals surface area (Å²) in [7, 11) is 0. The van der Waals surface area contributed by atoms with Gasteiger partial charge in [0.05, 0.1) is 6.20 Å². The highest BCUT2D eigenvalue weighted by molar-refractivity contribution is 5.92. The van der Waals surface area contributed by atoms with Crippen molar-refractivity contribution in [2.45, 2.75) is 59.3 Å². The number of aryl methyl sites for hydroxylation is 3. The first-order chi connectivity index (χ1) is 14.0. The lowest BCUT2D eigenvalue weighted by atomic mass is 10.0. The van der Waals surface area contributed by atoms with E-state index in [4.69, 9.17) is 4.42 Å². The number of rotatable bonds is 8. The Labute approximate surface area is 173 Å². The summed E-state index contributed by atoms with van der Waals surface area (Å²) in [4.78, 5) is 16.9. The second-order valence-corrected chi connectivity index (χ2v) is 7.60. The SMILES string of the molecule is CCc1cccc(CC)c1NC(=O)CCc1ncc(-c2ccc(C(C)C)cc2)o1. The molecular formula is C25H30N2O2. The summed E-state index contributed by atoms with van der Waals surface area (Å²) >= 11 is 0. The van der Waals surface area contributed by atoms with Gasteiger partial charge in [0.2, 0.25) is 5.91 Å². The third-order valence-corrected chi connectivity index (χ3v) is 5.24. The van der Waals surface area contributed by atoms with Crippen LogP contribution in [0.2, 0.25) is 0 Å². The number of carbonyl (C=O) groups excluding carboxylic acids is 1. The van der Waals surface area contributed by atoms with Crippen LogP contribution in [0.3, 0.4) is 0 Å². The maximum atomic E-state index is 12.5. The summed E-state index contributed by atoms with van der Waals surface area (Å²) in [5, 5.41) is 3.10. The van der Waals surface area contributed by atoms with Crippen molar-refractivity contribution >= 4 is 11.6 Å². The Morgan fingerprint density at radius 1 is 1.03 bits per heavy atom. The molecule has 1 amide bonds. The van der Waals surface area contributed by atoms with Crippen LogP contribution in [-0.4, -0.2) is 10.9 Å². The molecule has 1 N–H and O–H groups in total. The van der Waals surface area contributed by atoms with Crippen LogP contribution in [0.5, 0.6) is 0 Å². The molecule has 29 heavy (non-hydrogen) atoms. The summed E-state index contributed by atoms with van der Waals surface area (Å²) in [6.07, 6.45) is 4.34. The predicted molar refractivity (Wildman–Crippen MR) is 118 cm³/mol. The number of oxazole rings is 1. The Kier molecular flexibility index (Phi) is 6.86. The van der Waals surface area contributed by atoms with Crippen LogP contribution in [-0.2, 0) is 24.1 Å². The van der Waals surface area contributed by atoms with Gasteiger partial charge in [-0.1, -0.05) is 70.2 Å². The van der Waals surface area contributed by atoms with Gasteiger partial charge in [0.25, 0.3) is 0 Å². The van der Waals surface area contributed by atoms with E-state index in [1.807, 2.05) is 0 Å². The second kappa shape index (κ2) is 9.55. The molecule has 3 rings (SSSR count). The fraction of sp³-hybridized carbons (Fsp3) is 0.360. The first-order valence-corrected chi connectivity index (χ1v) is 10.5. The first kappa shape index (κ1) is 20.8. The van der Waals surface area contributed by atoms with E-state index in [9.17, 15) is 4.79 Å². The highest BCUT2D eigenvalue weighted by atomic mass is 16.4. The Morgan fingerprint density at radius 2 is 1.69 bits per heavy atom. The van der Waals surface area contributed by atoms with Crippen molar-refractivity contribution in [3.05, 3.63) is 71.2 Å². The van der Waals surface area contributed by atoms with Gasteiger partial charge in [-0.15, -0.1) is 0 Å². The van der Waals surface area contributed by atoms with Gasteiger partial charge >= 0.3 is 0 Å². The molecule has 0 aliphatic heterocycles. The molecular weight excluding hydrogens is 360 g/mol. The number of para-hydroxylation sites is 1. The van der Waals surface area contributed by atoms with Crippen molar-refractivity contribution in [1.82, 2.24) is 4.98 Å². The van der Waals surface area contributed by atoms with Gasteiger partial charge in [-0.2, -0.15) is 0 Å². The number of aromatic nitrogens is 1. The molecule has 0 bridgehead atoms. The predicted octanol–water partition coefficient (Wildman–Crippen LogP) is 6.16. The molecule has 0 aliphatic rings. The van der Waals surface area contributed by atoms with Crippen LogP contribution in [0.1, 0.15) is 62.6 Å². The zero-order valence-corrected chi connectivity index (χ0v) is 17.8. The number of carbonyl (C=O) groups is 1. The monoisotopic (exact) mass is 390 g/mol. The second-order valence-electron chi connectivity index (χ2n) is 7.60. The number of nitrogens with one attached hydrogen (secondary N) is 1. The Bertz CT molecular complexity index is 933. The van der Waals surface area contributed by atoms with Crippen molar-refractivity contribution in [2.24, 2.45) is 0 Å². The largest absolute Gasteiger partial charge is 0.441 e. The Balaban J connectivity index is 1.62. The third-order valence-electron chi connectivity index (χ3n) is 5.24. The van der Waals surface area contributed by atoms with Crippen molar-refractivity contribution in [3.63, 3.8) is 0 Å². The maximum absolute atomic E-state index is 12.5. The van der Waals surface area contributed by atoms with Crippen molar-refractivity contribution in [1.29, 1.82) is 0 Å². The van der Waals surface area contributed by atoms with E-state index < -0.39 is 0 Å². The van der Waals surface area contributed by atoms with E-state index in [1.54, 1.807) is 6.20 Å². The summed E-state index contributed by atoms with van der Waals surface area (Å²) in [5.41, 5.74) is 5.59. The topological polar surface area (TPSA) is 55.1 Å². The number of anilines is 1. The normalized spacial score (nSPS) is 11.1. The molecule has 4 heteroatoms. The van der Waals surface area contributed by atoms with Gasteiger partial charge in [0.15, 0.2) is 11.7 Å². The van der Waals surface area contributed by atoms with Crippen LogP contribution < -0.4 is 5.32 Å². The molecule has 0 atom stereocenters. The minimum atomic E-state index is -0.0124. The zero-order chi connectivity index (χ0) is 20.8. The number of amides is 1. The highest BCUT2D eigenvalue weighted by Gasteiger charge is 2.12. The molecule has 0 fully saturated rings. The average Bonchev–Trinajstić information content (AvgIpc) is 3.21. The molecule has 4 nitrogen and oxygen atoms in total. The van der Waals surface area contributed by atoms with Crippen molar-refractivity contribution < 1.29 is 9.21 Å². The molecule has 0 spiro atoms. The third kappa shape index (κ3) is 5.14. The molecule has 3 aromatic rings. The molecule has 0 unspecified atom stereocenters. The van der Waals surface area contributed by atoms with Crippen LogP contribution in [0.25, 0.3) is 11.3 Å². The Morgan fingerprint density at radius 3 is 2.28 bits per heavy atom. The summed E-state index contributed by atoms with van der Waals surface area (Å²) < 4.78 is 5.87. The standard InChI is InChI=1S/C25H30N2O2/c1-5-18-8-7-9-19(6-2)25(18)27-23(28)14-15-24-26-16-22(29-24)21-12-10-20(11-13-21)17(3)4/h7-13,16-17H,5-6,14-15H2,1-4H3,(H,27,28). The molecule has 0 saturated heterocycles. The van der Waals surface area contributed by atoms with E-state index in [0.717, 1.165) is 29.9 Å². The molecule has 1 aromatic heterocycles. The number of benzene rings is 2. The fourth-order valence-corrected chi connectivity index (χ4v) is 3.42. The minimum Gasteiger partial charge on any atom is -0.441 e. The molecule has 152 valence electrons. The van der Waals surface area contributed by atoms with Gasteiger partial charge in [0, 0.05) is 24.1 Å². The number of hydrogen-bond donors (Lipinski definition) is 1. The average molecular weight is 391 g/mol. The highest BCUT2D eigenvalue weighted by Crippen LogP contribution is 2.25. The van der Waals surface area contributed by atoms with Crippen molar-refractivity contribution in [2.75, 3.05) is 5.32 Å². The molecule has 2 aromatic carbocycles. The summed E-state index contributed by atoms with van der Waals surface area (Å²) in [6.45, 7) is 8.56. The van der Waals surface area contributed by atoms with Gasteiger partial charge in [0.1, 0.15) is 0 Å². The van der Waals surface area contributed by atoms with Crippen LogP contribution in [0, 0.1) is 0 Å². The van der Waals surface area contributed by atoms with Crippen LogP contribution in [0.15, 0.2) is 53.1 Å². The smallest absolute Gasteiger partial charge is 0.224 e. The van der Waals surface area contributed by atoms with E-state index in [-0.39, 0.29) is 5.91 Å². The van der Waals surface area contributed by atoms with Gasteiger partial charge in [-0.3, -0.25) is 4.79 Å². The number of nitrogens with zero attached hydrogens (tertiary/aromatic N) is 1. The maximum Gasteiger partial charge on any atom is 0.224 e. The minimum absolute atomic E-state index is 0.0124. The lowest BCUT2D eigenvalue weighted by Crippen LogP contribution is -2.15. The molecule has 0 saturated carbocycles. The lowest BCUT2D eigenvalue weighted by Gasteiger charge is -2.14. The fourth-order valence-electron chi connectivity index (χ4n) is 3.42. The van der Waals surface area contributed by atoms with Crippen molar-refractivity contribution in [3.8, 4) is 11.3 Å². The molecule has 1 heterocycles. The van der Waals surface area contributed by atoms with E-state index in [1.165, 1.54) is 16.7 Å². The lowest BCUT2D eigenvalue weighted by molar-refractivity contribution is -0.116. The van der Waals surface area contributed by atoms with Gasteiger partial charge < -0.3 is 9.73 Å². The Hall–Kier alpha value is -2.88. The van der Waals surface area contributed by atoms with Crippen LogP contribution in [0.4, 0.5) is 5.69 Å². The molecule has 0 aliphatic carbocycles. The summed E-state index contributed by atoms with van der Waals surface area (Å²) in [6, 6.07) is 14.5. The van der Waals surface area contributed by atoms with Gasteiger partial charge in [-0.25, -0.2) is 4.98 Å². The summed E-state index contributed by atoms with van der Waals surface area (Å²) in [5.74, 6) is 1.81. The van der Waals surface area contributed by atoms with Gasteiger partial charge in [-0.05, 0) is 35.4 Å². The molecule has 0 radical (unpaired) electrons. The first-order valence-electron chi connectivity index (χ1n) is 10.5. The van der Waals surface area contributed by atoms with Crippen LogP contribution >= 0.6 is 0 Å². The van der Waals surface area contributed by atoms with E-state index in [2.05, 4.69) is 80.5 Å². The van der Waals surface area contributed by atoms with E-state index >= 15 is 0 Å². The zero-order valence-electron chi connectivity index (χ0n) is 17.8. The quantitative estimate of drug-likeness (QED) is 0.501. The van der Waals surface area contributed by atoms with E-state index in [0.29, 0.717) is 24.7 Å².